The Bertz CT molecular complexity index is 697. The van der Waals surface area contributed by atoms with E-state index < -0.39 is 0 Å². The van der Waals surface area contributed by atoms with E-state index in [0.29, 0.717) is 25.3 Å². The fourth-order valence-corrected chi connectivity index (χ4v) is 4.98. The molecule has 0 radical (unpaired) electrons. The highest BCUT2D eigenvalue weighted by atomic mass is 16.5. The van der Waals surface area contributed by atoms with Gasteiger partial charge in [-0.15, -0.1) is 0 Å². The SMILES string of the molecule is O=C1CC[C@H](C(=O)N2CCC(Cc3ccccc3)CC2)CN1CCN1CCOCC1. The van der Waals surface area contributed by atoms with Crippen molar-refractivity contribution in [3.8, 4) is 0 Å². The van der Waals surface area contributed by atoms with Crippen LogP contribution >= 0.6 is 0 Å². The number of carbonyl (C=O) groups is 2. The van der Waals surface area contributed by atoms with E-state index in [1.807, 2.05) is 4.90 Å². The zero-order valence-electron chi connectivity index (χ0n) is 18.0. The van der Waals surface area contributed by atoms with E-state index in [9.17, 15) is 9.59 Å². The highest BCUT2D eigenvalue weighted by molar-refractivity contribution is 5.84. The van der Waals surface area contributed by atoms with Crippen LogP contribution in [0.2, 0.25) is 0 Å². The Labute approximate surface area is 180 Å². The number of benzene rings is 1. The van der Waals surface area contributed by atoms with Gasteiger partial charge in [-0.1, -0.05) is 30.3 Å². The summed E-state index contributed by atoms with van der Waals surface area (Å²) in [6, 6.07) is 10.7. The molecule has 1 aromatic carbocycles. The highest BCUT2D eigenvalue weighted by Gasteiger charge is 2.34. The smallest absolute Gasteiger partial charge is 0.227 e. The Hall–Kier alpha value is -1.92. The molecule has 0 N–H and O–H groups in total. The summed E-state index contributed by atoms with van der Waals surface area (Å²) in [5.41, 5.74) is 1.39. The molecule has 0 spiro atoms. The molecular weight excluding hydrogens is 378 g/mol. The normalized spacial score (nSPS) is 24.3. The molecule has 0 aliphatic carbocycles. The quantitative estimate of drug-likeness (QED) is 0.716. The number of rotatable bonds is 6. The first-order valence-electron chi connectivity index (χ1n) is 11.6. The van der Waals surface area contributed by atoms with E-state index in [1.54, 1.807) is 0 Å². The van der Waals surface area contributed by atoms with Crippen LogP contribution in [0.5, 0.6) is 0 Å². The van der Waals surface area contributed by atoms with Crippen LogP contribution in [0.1, 0.15) is 31.2 Å². The van der Waals surface area contributed by atoms with Crippen LogP contribution < -0.4 is 0 Å². The summed E-state index contributed by atoms with van der Waals surface area (Å²) in [5.74, 6) is 1.10. The summed E-state index contributed by atoms with van der Waals surface area (Å²) in [7, 11) is 0. The van der Waals surface area contributed by atoms with Crippen molar-refractivity contribution >= 4 is 11.8 Å². The van der Waals surface area contributed by atoms with Crippen molar-refractivity contribution in [2.24, 2.45) is 11.8 Å². The van der Waals surface area contributed by atoms with Gasteiger partial charge in [-0.2, -0.15) is 0 Å². The zero-order chi connectivity index (χ0) is 20.8. The van der Waals surface area contributed by atoms with E-state index in [-0.39, 0.29) is 17.7 Å². The number of nitrogens with zero attached hydrogens (tertiary/aromatic N) is 3. The fraction of sp³-hybridized carbons (Fsp3) is 0.667. The van der Waals surface area contributed by atoms with Crippen LogP contribution in [0.25, 0.3) is 0 Å². The topological polar surface area (TPSA) is 53.1 Å². The Balaban J connectivity index is 1.23. The van der Waals surface area contributed by atoms with Crippen LogP contribution in [0.15, 0.2) is 30.3 Å². The van der Waals surface area contributed by atoms with Crippen molar-refractivity contribution in [2.75, 3.05) is 59.0 Å². The molecule has 164 valence electrons. The summed E-state index contributed by atoms with van der Waals surface area (Å²) in [5, 5.41) is 0. The lowest BCUT2D eigenvalue weighted by Crippen LogP contribution is -2.50. The molecule has 3 heterocycles. The van der Waals surface area contributed by atoms with E-state index >= 15 is 0 Å². The number of hydrogen-bond donors (Lipinski definition) is 0. The summed E-state index contributed by atoms with van der Waals surface area (Å²) in [4.78, 5) is 31.8. The Morgan fingerprint density at radius 2 is 1.70 bits per heavy atom. The molecule has 0 unspecified atom stereocenters. The van der Waals surface area contributed by atoms with Gasteiger partial charge in [0.2, 0.25) is 11.8 Å². The van der Waals surface area contributed by atoms with Gasteiger partial charge in [-0.05, 0) is 37.2 Å². The molecule has 3 saturated heterocycles. The van der Waals surface area contributed by atoms with Crippen LogP contribution in [0.3, 0.4) is 0 Å². The lowest BCUT2D eigenvalue weighted by molar-refractivity contribution is -0.144. The van der Waals surface area contributed by atoms with Crippen LogP contribution in [-0.4, -0.2) is 85.5 Å². The Morgan fingerprint density at radius 1 is 0.967 bits per heavy atom. The first-order valence-corrected chi connectivity index (χ1v) is 11.6. The second-order valence-corrected chi connectivity index (χ2v) is 8.99. The molecule has 1 atom stereocenters. The fourth-order valence-electron chi connectivity index (χ4n) is 4.98. The van der Waals surface area contributed by atoms with Crippen molar-refractivity contribution in [3.05, 3.63) is 35.9 Å². The number of carbonyl (C=O) groups excluding carboxylic acids is 2. The van der Waals surface area contributed by atoms with Crippen LogP contribution in [0.4, 0.5) is 0 Å². The summed E-state index contributed by atoms with van der Waals surface area (Å²) >= 11 is 0. The number of morpholine rings is 1. The average molecular weight is 414 g/mol. The van der Waals surface area contributed by atoms with Crippen molar-refractivity contribution in [3.63, 3.8) is 0 Å². The van der Waals surface area contributed by atoms with E-state index in [2.05, 4.69) is 40.1 Å². The molecule has 2 amide bonds. The van der Waals surface area contributed by atoms with Gasteiger partial charge in [0.1, 0.15) is 0 Å². The minimum Gasteiger partial charge on any atom is -0.379 e. The minimum absolute atomic E-state index is 0.0296. The predicted molar refractivity (Wildman–Crippen MR) is 116 cm³/mol. The van der Waals surface area contributed by atoms with Crippen LogP contribution in [-0.2, 0) is 20.7 Å². The van der Waals surface area contributed by atoms with Gasteiger partial charge in [-0.25, -0.2) is 0 Å². The van der Waals surface area contributed by atoms with Crippen molar-refractivity contribution < 1.29 is 14.3 Å². The third-order valence-electron chi connectivity index (χ3n) is 6.93. The molecule has 0 aromatic heterocycles. The number of amides is 2. The second-order valence-electron chi connectivity index (χ2n) is 8.99. The van der Waals surface area contributed by atoms with Crippen molar-refractivity contribution in [1.82, 2.24) is 14.7 Å². The molecule has 30 heavy (non-hydrogen) atoms. The first kappa shape index (κ1) is 21.3. The lowest BCUT2D eigenvalue weighted by Gasteiger charge is -2.38. The van der Waals surface area contributed by atoms with Gasteiger partial charge in [0.25, 0.3) is 0 Å². The number of ether oxygens (including phenoxy) is 1. The van der Waals surface area contributed by atoms with Gasteiger partial charge in [0.15, 0.2) is 0 Å². The maximum absolute atomic E-state index is 13.1. The van der Waals surface area contributed by atoms with Gasteiger partial charge in [0, 0.05) is 52.2 Å². The molecule has 0 saturated carbocycles. The lowest BCUT2D eigenvalue weighted by atomic mass is 9.89. The molecule has 4 rings (SSSR count). The van der Waals surface area contributed by atoms with Gasteiger partial charge < -0.3 is 14.5 Å². The summed E-state index contributed by atoms with van der Waals surface area (Å²) in [6.07, 6.45) is 4.47. The van der Waals surface area contributed by atoms with Gasteiger partial charge in [-0.3, -0.25) is 14.5 Å². The molecule has 6 nitrogen and oxygen atoms in total. The summed E-state index contributed by atoms with van der Waals surface area (Å²) in [6.45, 7) is 7.31. The van der Waals surface area contributed by atoms with Gasteiger partial charge >= 0.3 is 0 Å². The maximum Gasteiger partial charge on any atom is 0.227 e. The Morgan fingerprint density at radius 3 is 2.43 bits per heavy atom. The average Bonchev–Trinajstić information content (AvgIpc) is 2.80. The molecule has 3 aliphatic heterocycles. The third kappa shape index (κ3) is 5.61. The minimum atomic E-state index is -0.0296. The predicted octanol–water partition coefficient (Wildman–Crippen LogP) is 2.04. The Kier molecular flexibility index (Phi) is 7.39. The standard InChI is InChI=1S/C24H35N3O3/c28-23-7-6-22(19-27(23)13-12-25-14-16-30-17-15-25)24(29)26-10-8-21(9-11-26)18-20-4-2-1-3-5-20/h1-5,21-22H,6-19H2/t22-/m0/s1. The molecule has 0 bridgehead atoms. The highest BCUT2D eigenvalue weighted by Crippen LogP contribution is 2.25. The zero-order valence-corrected chi connectivity index (χ0v) is 18.0. The summed E-state index contributed by atoms with van der Waals surface area (Å²) < 4.78 is 5.40. The van der Waals surface area contributed by atoms with E-state index in [4.69, 9.17) is 4.74 Å². The van der Waals surface area contributed by atoms with Gasteiger partial charge in [0.05, 0.1) is 19.1 Å². The largest absolute Gasteiger partial charge is 0.379 e. The van der Waals surface area contributed by atoms with Crippen LogP contribution in [0, 0.1) is 11.8 Å². The number of likely N-dealkylation sites (tertiary alicyclic amines) is 2. The maximum atomic E-state index is 13.1. The van der Waals surface area contributed by atoms with Crippen molar-refractivity contribution in [2.45, 2.75) is 32.1 Å². The van der Waals surface area contributed by atoms with E-state index in [1.165, 1.54) is 5.56 Å². The third-order valence-corrected chi connectivity index (χ3v) is 6.93. The molecule has 3 fully saturated rings. The second kappa shape index (κ2) is 10.4. The molecule has 6 heteroatoms. The first-order chi connectivity index (χ1) is 14.7. The molecule has 1 aromatic rings. The van der Waals surface area contributed by atoms with Crippen molar-refractivity contribution in [1.29, 1.82) is 0 Å². The molecule has 3 aliphatic rings. The number of piperidine rings is 2. The monoisotopic (exact) mass is 413 g/mol. The molecular formula is C24H35N3O3. The number of hydrogen-bond acceptors (Lipinski definition) is 4. The van der Waals surface area contributed by atoms with E-state index in [0.717, 1.165) is 71.7 Å².